The smallest absolute Gasteiger partial charge is 0.351 e. The zero-order chi connectivity index (χ0) is 24.2. The van der Waals surface area contributed by atoms with Crippen molar-refractivity contribution >= 4 is 17.8 Å². The molecule has 1 aliphatic rings. The van der Waals surface area contributed by atoms with E-state index in [2.05, 4.69) is 0 Å². The number of fused-ring (bicyclic) bond motifs is 1. The van der Waals surface area contributed by atoms with Crippen molar-refractivity contribution in [3.05, 3.63) is 77.0 Å². The van der Waals surface area contributed by atoms with Gasteiger partial charge < -0.3 is 28.4 Å². The molecule has 0 saturated carbocycles. The number of ether oxygens (including phenoxy) is 6. The van der Waals surface area contributed by atoms with Crippen LogP contribution < -0.4 is 28.4 Å². The summed E-state index contributed by atoms with van der Waals surface area (Å²) < 4.78 is 32.5. The Hall–Kier alpha value is -4.46. The predicted octanol–water partition coefficient (Wildman–Crippen LogP) is 4.56. The molecule has 0 spiro atoms. The lowest BCUT2D eigenvalue weighted by atomic mass is 10.1. The van der Waals surface area contributed by atoms with Crippen LogP contribution in [0.4, 0.5) is 0 Å². The second-order valence-electron chi connectivity index (χ2n) is 7.13. The predicted molar refractivity (Wildman–Crippen MR) is 123 cm³/mol. The Morgan fingerprint density at radius 3 is 2.12 bits per heavy atom. The van der Waals surface area contributed by atoms with E-state index < -0.39 is 5.97 Å². The number of ketones is 1. The van der Waals surface area contributed by atoms with E-state index >= 15 is 0 Å². The molecule has 8 nitrogen and oxygen atoms in total. The van der Waals surface area contributed by atoms with Crippen LogP contribution in [-0.2, 0) is 0 Å². The summed E-state index contributed by atoms with van der Waals surface area (Å²) in [5.41, 5.74) is 1.12. The summed E-state index contributed by atoms with van der Waals surface area (Å²) in [4.78, 5) is 25.7. The second-order valence-corrected chi connectivity index (χ2v) is 7.13. The van der Waals surface area contributed by atoms with Gasteiger partial charge in [-0.05, 0) is 48.5 Å². The number of allylic oxidation sites excluding steroid dienone is 1. The number of Topliss-reactive ketones (excluding diaryl/α,β-unsaturated/α-hetero) is 1. The van der Waals surface area contributed by atoms with Gasteiger partial charge in [-0.2, -0.15) is 0 Å². The van der Waals surface area contributed by atoms with Crippen LogP contribution >= 0.6 is 0 Å². The number of hydrogen-bond donors (Lipinski definition) is 0. The molecule has 0 unspecified atom stereocenters. The number of carbonyl (C=O) groups excluding carboxylic acids is 2. The first kappa shape index (κ1) is 22.7. The summed E-state index contributed by atoms with van der Waals surface area (Å²) in [6.07, 6.45) is 1.58. The van der Waals surface area contributed by atoms with E-state index in [9.17, 15) is 9.59 Å². The third-order valence-electron chi connectivity index (χ3n) is 5.21. The van der Waals surface area contributed by atoms with E-state index in [1.165, 1.54) is 33.5 Å². The number of methoxy groups -OCH3 is 4. The fraction of sp³-hybridized carbons (Fsp3) is 0.154. The lowest BCUT2D eigenvalue weighted by Crippen LogP contribution is -2.12. The highest BCUT2D eigenvalue weighted by Gasteiger charge is 2.29. The third-order valence-corrected chi connectivity index (χ3v) is 5.21. The van der Waals surface area contributed by atoms with E-state index in [0.717, 1.165) is 0 Å². The molecule has 0 fully saturated rings. The molecule has 0 radical (unpaired) electrons. The molecular weight excluding hydrogens is 440 g/mol. The molecule has 0 aliphatic carbocycles. The van der Waals surface area contributed by atoms with E-state index in [4.69, 9.17) is 28.4 Å². The average Bonchev–Trinajstić information content (AvgIpc) is 3.17. The maximum absolute atomic E-state index is 12.9. The Kier molecular flexibility index (Phi) is 6.40. The minimum absolute atomic E-state index is 0.108. The van der Waals surface area contributed by atoms with Crippen molar-refractivity contribution in [1.82, 2.24) is 0 Å². The zero-order valence-corrected chi connectivity index (χ0v) is 19.0. The van der Waals surface area contributed by atoms with Crippen molar-refractivity contribution in [2.24, 2.45) is 0 Å². The highest BCUT2D eigenvalue weighted by atomic mass is 16.5. The molecule has 0 saturated heterocycles. The largest absolute Gasteiger partial charge is 0.497 e. The molecule has 4 rings (SSSR count). The summed E-state index contributed by atoms with van der Waals surface area (Å²) in [5, 5.41) is 0. The van der Waals surface area contributed by atoms with Gasteiger partial charge in [0.15, 0.2) is 5.76 Å². The first-order valence-electron chi connectivity index (χ1n) is 10.2. The Bertz CT molecular complexity index is 1270. The van der Waals surface area contributed by atoms with Crippen LogP contribution in [-0.4, -0.2) is 40.2 Å². The number of rotatable bonds is 7. The van der Waals surface area contributed by atoms with Crippen molar-refractivity contribution in [3.8, 4) is 34.5 Å². The number of benzene rings is 3. The van der Waals surface area contributed by atoms with Crippen molar-refractivity contribution < 1.29 is 38.0 Å². The molecule has 1 aliphatic heterocycles. The summed E-state index contributed by atoms with van der Waals surface area (Å²) in [5.74, 6) is 1.40. The minimum Gasteiger partial charge on any atom is -0.497 e. The van der Waals surface area contributed by atoms with Gasteiger partial charge >= 0.3 is 5.97 Å². The van der Waals surface area contributed by atoms with Crippen LogP contribution in [0.2, 0.25) is 0 Å². The van der Waals surface area contributed by atoms with Gasteiger partial charge in [0.25, 0.3) is 0 Å². The fourth-order valence-electron chi connectivity index (χ4n) is 3.53. The van der Waals surface area contributed by atoms with Gasteiger partial charge in [-0.25, -0.2) is 4.79 Å². The molecule has 0 atom stereocenters. The van der Waals surface area contributed by atoms with E-state index in [0.29, 0.717) is 34.1 Å². The molecule has 0 amide bonds. The molecule has 0 bridgehead atoms. The van der Waals surface area contributed by atoms with Gasteiger partial charge in [-0.3, -0.25) is 4.79 Å². The molecule has 174 valence electrons. The Morgan fingerprint density at radius 2 is 1.47 bits per heavy atom. The van der Waals surface area contributed by atoms with Crippen molar-refractivity contribution in [1.29, 1.82) is 0 Å². The third kappa shape index (κ3) is 4.25. The Labute approximate surface area is 196 Å². The van der Waals surface area contributed by atoms with E-state index in [-0.39, 0.29) is 28.6 Å². The minimum atomic E-state index is -0.671. The number of esters is 1. The second kappa shape index (κ2) is 9.58. The molecule has 34 heavy (non-hydrogen) atoms. The normalized spacial score (nSPS) is 13.2. The highest BCUT2D eigenvalue weighted by Crippen LogP contribution is 2.37. The van der Waals surface area contributed by atoms with Crippen LogP contribution in [0.5, 0.6) is 34.5 Å². The molecule has 1 heterocycles. The van der Waals surface area contributed by atoms with Crippen LogP contribution in [0.15, 0.2) is 60.4 Å². The topological polar surface area (TPSA) is 89.5 Å². The quantitative estimate of drug-likeness (QED) is 0.287. The van der Waals surface area contributed by atoms with Crippen LogP contribution in [0, 0.1) is 0 Å². The van der Waals surface area contributed by atoms with Gasteiger partial charge in [-0.1, -0.05) is 6.07 Å². The van der Waals surface area contributed by atoms with Crippen molar-refractivity contribution in [2.45, 2.75) is 0 Å². The first-order chi connectivity index (χ1) is 16.5. The standard InChI is InChI=1S/C26H22O8/c1-29-16-9-11-19(30-2)15(12-16)13-23-25(27)18-10-8-17(14-22(18)34-23)33-26(28)24-20(31-3)6-5-7-21(24)32-4/h5-14H,1-4H3. The fourth-order valence-corrected chi connectivity index (χ4v) is 3.53. The molecule has 3 aromatic carbocycles. The molecule has 8 heteroatoms. The van der Waals surface area contributed by atoms with Crippen molar-refractivity contribution in [3.63, 3.8) is 0 Å². The average molecular weight is 462 g/mol. The van der Waals surface area contributed by atoms with Gasteiger partial charge in [0.2, 0.25) is 5.78 Å². The maximum atomic E-state index is 12.9. The first-order valence-corrected chi connectivity index (χ1v) is 10.2. The summed E-state index contributed by atoms with van der Waals surface area (Å²) in [6.45, 7) is 0. The lowest BCUT2D eigenvalue weighted by molar-refractivity contribution is 0.0727. The van der Waals surface area contributed by atoms with Gasteiger partial charge in [0, 0.05) is 11.6 Å². The van der Waals surface area contributed by atoms with Crippen LogP contribution in [0.3, 0.4) is 0 Å². The zero-order valence-electron chi connectivity index (χ0n) is 19.0. The van der Waals surface area contributed by atoms with Crippen LogP contribution in [0.1, 0.15) is 26.3 Å². The molecule has 0 N–H and O–H groups in total. The van der Waals surface area contributed by atoms with Gasteiger partial charge in [0.1, 0.15) is 40.1 Å². The summed E-state index contributed by atoms with van der Waals surface area (Å²) in [6, 6.07) is 14.7. The maximum Gasteiger partial charge on any atom is 0.351 e. The highest BCUT2D eigenvalue weighted by molar-refractivity contribution is 6.14. The number of carbonyl (C=O) groups is 2. The van der Waals surface area contributed by atoms with Gasteiger partial charge in [-0.15, -0.1) is 0 Å². The van der Waals surface area contributed by atoms with Crippen molar-refractivity contribution in [2.75, 3.05) is 28.4 Å². The molecule has 3 aromatic rings. The van der Waals surface area contributed by atoms with Crippen LogP contribution in [0.25, 0.3) is 6.08 Å². The Morgan fingerprint density at radius 1 is 0.794 bits per heavy atom. The lowest BCUT2D eigenvalue weighted by Gasteiger charge is -2.12. The number of hydrogen-bond acceptors (Lipinski definition) is 8. The van der Waals surface area contributed by atoms with E-state index in [1.54, 1.807) is 55.7 Å². The summed E-state index contributed by atoms with van der Waals surface area (Å²) >= 11 is 0. The SMILES string of the molecule is COc1ccc(OC)c(C=C2Oc3cc(OC(=O)c4c(OC)cccc4OC)ccc3C2=O)c1. The monoisotopic (exact) mass is 462 g/mol. The van der Waals surface area contributed by atoms with Gasteiger partial charge in [0.05, 0.1) is 34.0 Å². The Balaban J connectivity index is 1.61. The summed E-state index contributed by atoms with van der Waals surface area (Å²) in [7, 11) is 5.99. The molecule has 0 aromatic heterocycles. The molecular formula is C26H22O8. The van der Waals surface area contributed by atoms with E-state index in [1.807, 2.05) is 0 Å².